The third-order valence-corrected chi connectivity index (χ3v) is 4.42. The quantitative estimate of drug-likeness (QED) is 0.482. The number of rotatable bonds is 8. The first-order valence-corrected chi connectivity index (χ1v) is 10.5. The van der Waals surface area contributed by atoms with Crippen LogP contribution in [0.4, 0.5) is 11.4 Å². The summed E-state index contributed by atoms with van der Waals surface area (Å²) in [4.78, 5) is 24.3. The van der Waals surface area contributed by atoms with Crippen LogP contribution < -0.4 is 20.7 Å². The maximum absolute atomic E-state index is 12.5. The lowest BCUT2D eigenvalue weighted by atomic mass is 10.2. The molecule has 6 nitrogen and oxygen atoms in total. The second-order valence-electron chi connectivity index (χ2n) is 7.13. The van der Waals surface area contributed by atoms with Crippen molar-refractivity contribution in [3.05, 3.63) is 53.1 Å². The predicted octanol–water partition coefficient (Wildman–Crippen LogP) is 5.24. The molecule has 160 valence electrons. The summed E-state index contributed by atoms with van der Waals surface area (Å²) in [5.74, 6) is 0.549. The molecule has 0 saturated heterocycles. The molecular weight excluding hydrogens is 422 g/mol. The molecule has 0 spiro atoms. The van der Waals surface area contributed by atoms with Gasteiger partial charge < -0.3 is 15.4 Å². The van der Waals surface area contributed by atoms with Crippen LogP contribution in [0.25, 0.3) is 0 Å². The highest BCUT2D eigenvalue weighted by molar-refractivity contribution is 7.80. The van der Waals surface area contributed by atoms with Crippen molar-refractivity contribution in [2.75, 3.05) is 17.2 Å². The Balaban J connectivity index is 2.00. The van der Waals surface area contributed by atoms with E-state index in [0.717, 1.165) is 6.42 Å². The predicted molar refractivity (Wildman–Crippen MR) is 125 cm³/mol. The molecule has 2 rings (SSSR count). The molecule has 0 heterocycles. The van der Waals surface area contributed by atoms with Crippen LogP contribution in [0.3, 0.4) is 0 Å². The zero-order valence-corrected chi connectivity index (χ0v) is 18.8. The van der Waals surface area contributed by atoms with Gasteiger partial charge in [-0.15, -0.1) is 0 Å². The minimum absolute atomic E-state index is 0.0822. The second kappa shape index (κ2) is 11.5. The minimum Gasteiger partial charge on any atom is -0.493 e. The Hall–Kier alpha value is -2.64. The molecule has 0 aliphatic heterocycles. The lowest BCUT2D eigenvalue weighted by molar-refractivity contribution is -0.116. The smallest absolute Gasteiger partial charge is 0.257 e. The average molecular weight is 448 g/mol. The number of hydrogen-bond donors (Lipinski definition) is 3. The SMILES string of the molecule is CCCC(=O)Nc1ccc(Cl)c(NC(=S)NC(=O)c2cccc(OCC(C)C)c2)c1. The van der Waals surface area contributed by atoms with Crippen molar-refractivity contribution in [1.82, 2.24) is 5.32 Å². The van der Waals surface area contributed by atoms with Gasteiger partial charge in [0, 0.05) is 17.7 Å². The average Bonchev–Trinajstić information content (AvgIpc) is 2.69. The van der Waals surface area contributed by atoms with E-state index in [-0.39, 0.29) is 16.9 Å². The number of anilines is 2. The highest BCUT2D eigenvalue weighted by atomic mass is 35.5. The fraction of sp³-hybridized carbons (Fsp3) is 0.318. The van der Waals surface area contributed by atoms with Crippen LogP contribution in [0.5, 0.6) is 5.75 Å². The summed E-state index contributed by atoms with van der Waals surface area (Å²) < 4.78 is 5.66. The largest absolute Gasteiger partial charge is 0.493 e. The Labute approximate surface area is 187 Å². The normalized spacial score (nSPS) is 10.4. The second-order valence-corrected chi connectivity index (χ2v) is 7.95. The lowest BCUT2D eigenvalue weighted by Crippen LogP contribution is -2.34. The van der Waals surface area contributed by atoms with Gasteiger partial charge in [-0.1, -0.05) is 38.4 Å². The first-order valence-electron chi connectivity index (χ1n) is 9.73. The molecule has 2 aromatic carbocycles. The molecule has 0 aromatic heterocycles. The molecule has 2 aromatic rings. The summed E-state index contributed by atoms with van der Waals surface area (Å²) >= 11 is 11.5. The van der Waals surface area contributed by atoms with E-state index < -0.39 is 0 Å². The summed E-state index contributed by atoms with van der Waals surface area (Å²) in [5.41, 5.74) is 1.49. The van der Waals surface area contributed by atoms with Gasteiger partial charge in [0.2, 0.25) is 5.91 Å². The van der Waals surface area contributed by atoms with E-state index in [4.69, 9.17) is 28.6 Å². The fourth-order valence-corrected chi connectivity index (χ4v) is 2.84. The Kier molecular flexibility index (Phi) is 9.08. The number of hydrogen-bond acceptors (Lipinski definition) is 4. The zero-order chi connectivity index (χ0) is 22.1. The molecule has 3 N–H and O–H groups in total. The molecule has 0 saturated carbocycles. The van der Waals surface area contributed by atoms with Gasteiger partial charge in [0.15, 0.2) is 5.11 Å². The molecule has 0 radical (unpaired) electrons. The van der Waals surface area contributed by atoms with Gasteiger partial charge in [-0.25, -0.2) is 0 Å². The summed E-state index contributed by atoms with van der Waals surface area (Å²) in [6.45, 7) is 6.60. The van der Waals surface area contributed by atoms with Crippen LogP contribution in [0, 0.1) is 5.92 Å². The van der Waals surface area contributed by atoms with E-state index in [0.29, 0.717) is 46.7 Å². The Morgan fingerprint density at radius 2 is 1.90 bits per heavy atom. The van der Waals surface area contributed by atoms with Crippen molar-refractivity contribution in [1.29, 1.82) is 0 Å². The van der Waals surface area contributed by atoms with Crippen LogP contribution in [0.2, 0.25) is 5.02 Å². The summed E-state index contributed by atoms with van der Waals surface area (Å²) in [6.07, 6.45) is 1.18. The van der Waals surface area contributed by atoms with E-state index in [9.17, 15) is 9.59 Å². The number of carbonyl (C=O) groups is 2. The number of amides is 2. The number of ether oxygens (including phenoxy) is 1. The van der Waals surface area contributed by atoms with Gasteiger partial charge in [0.25, 0.3) is 5.91 Å². The van der Waals surface area contributed by atoms with Crippen molar-refractivity contribution in [2.24, 2.45) is 5.92 Å². The maximum atomic E-state index is 12.5. The third kappa shape index (κ3) is 7.65. The van der Waals surface area contributed by atoms with Gasteiger partial charge >= 0.3 is 0 Å². The third-order valence-electron chi connectivity index (χ3n) is 3.88. The van der Waals surface area contributed by atoms with Crippen molar-refractivity contribution in [3.63, 3.8) is 0 Å². The number of benzene rings is 2. The molecule has 30 heavy (non-hydrogen) atoms. The van der Waals surface area contributed by atoms with Crippen molar-refractivity contribution < 1.29 is 14.3 Å². The topological polar surface area (TPSA) is 79.5 Å². The summed E-state index contributed by atoms with van der Waals surface area (Å²) in [6, 6.07) is 11.9. The Morgan fingerprint density at radius 3 is 2.60 bits per heavy atom. The Bertz CT molecular complexity index is 918. The van der Waals surface area contributed by atoms with Gasteiger partial charge in [-0.2, -0.15) is 0 Å². The number of thiocarbonyl (C=S) groups is 1. The number of carbonyl (C=O) groups excluding carboxylic acids is 2. The lowest BCUT2D eigenvalue weighted by Gasteiger charge is -2.13. The number of halogens is 1. The highest BCUT2D eigenvalue weighted by Crippen LogP contribution is 2.25. The molecule has 8 heteroatoms. The van der Waals surface area contributed by atoms with Crippen LogP contribution >= 0.6 is 23.8 Å². The molecule has 0 atom stereocenters. The van der Waals surface area contributed by atoms with E-state index >= 15 is 0 Å². The molecule has 0 aliphatic rings. The molecular formula is C22H26ClN3O3S. The summed E-state index contributed by atoms with van der Waals surface area (Å²) in [5, 5.41) is 8.81. The Morgan fingerprint density at radius 1 is 1.13 bits per heavy atom. The maximum Gasteiger partial charge on any atom is 0.257 e. The fourth-order valence-electron chi connectivity index (χ4n) is 2.47. The first-order chi connectivity index (χ1) is 14.3. The van der Waals surface area contributed by atoms with E-state index in [1.54, 1.807) is 42.5 Å². The van der Waals surface area contributed by atoms with Gasteiger partial charge in [0.05, 0.1) is 17.3 Å². The van der Waals surface area contributed by atoms with Gasteiger partial charge in [-0.05, 0) is 61.0 Å². The minimum atomic E-state index is -0.369. The zero-order valence-electron chi connectivity index (χ0n) is 17.3. The molecule has 0 aliphatic carbocycles. The first kappa shape index (κ1) is 23.6. The van der Waals surface area contributed by atoms with Crippen LogP contribution in [-0.2, 0) is 4.79 Å². The van der Waals surface area contributed by atoms with Crippen LogP contribution in [0.15, 0.2) is 42.5 Å². The molecule has 0 bridgehead atoms. The summed E-state index contributed by atoms with van der Waals surface area (Å²) in [7, 11) is 0. The van der Waals surface area contributed by atoms with Crippen molar-refractivity contribution in [2.45, 2.75) is 33.6 Å². The molecule has 0 fully saturated rings. The van der Waals surface area contributed by atoms with Crippen LogP contribution in [-0.4, -0.2) is 23.5 Å². The molecule has 0 unspecified atom stereocenters. The molecule has 2 amide bonds. The van der Waals surface area contributed by atoms with Gasteiger partial charge in [0.1, 0.15) is 5.75 Å². The van der Waals surface area contributed by atoms with Crippen LogP contribution in [0.1, 0.15) is 44.0 Å². The number of nitrogens with one attached hydrogen (secondary N) is 3. The van der Waals surface area contributed by atoms with Gasteiger partial charge in [-0.3, -0.25) is 14.9 Å². The van der Waals surface area contributed by atoms with E-state index in [1.165, 1.54) is 0 Å². The monoisotopic (exact) mass is 447 g/mol. The van der Waals surface area contributed by atoms with E-state index in [2.05, 4.69) is 29.8 Å². The standard InChI is InChI=1S/C22H26ClN3O3S/c1-4-6-20(27)24-16-9-10-18(23)19(12-16)25-22(30)26-21(28)15-7-5-8-17(11-15)29-13-14(2)3/h5,7-12,14H,4,6,13H2,1-3H3,(H,24,27)(H2,25,26,28,30). The van der Waals surface area contributed by atoms with Crippen molar-refractivity contribution >= 4 is 52.1 Å². The highest BCUT2D eigenvalue weighted by Gasteiger charge is 2.11. The van der Waals surface area contributed by atoms with E-state index in [1.807, 2.05) is 6.92 Å². The van der Waals surface area contributed by atoms with Crippen molar-refractivity contribution in [3.8, 4) is 5.75 Å².